The van der Waals surface area contributed by atoms with Crippen molar-refractivity contribution in [2.24, 2.45) is 5.92 Å². The van der Waals surface area contributed by atoms with Crippen molar-refractivity contribution in [3.8, 4) is 0 Å². The summed E-state index contributed by atoms with van der Waals surface area (Å²) < 4.78 is 0. The van der Waals surface area contributed by atoms with E-state index in [1.807, 2.05) is 0 Å². The average molecular weight is 332 g/mol. The molecule has 0 radical (unpaired) electrons. The van der Waals surface area contributed by atoms with E-state index < -0.39 is 0 Å². The van der Waals surface area contributed by atoms with Gasteiger partial charge in [-0.25, -0.2) is 0 Å². The lowest BCUT2D eigenvalue weighted by Crippen LogP contribution is -2.45. The second-order valence-electron chi connectivity index (χ2n) is 7.72. The van der Waals surface area contributed by atoms with Gasteiger partial charge < -0.3 is 0 Å². The summed E-state index contributed by atoms with van der Waals surface area (Å²) in [6.45, 7) is 3.61. The fraction of sp³-hybridized carbons (Fsp3) is 0.417. The molecular weight excluding hydrogens is 302 g/mol. The Bertz CT molecular complexity index is 703. The molecule has 1 heteroatoms. The third-order valence-corrected chi connectivity index (χ3v) is 6.12. The minimum Gasteiger partial charge on any atom is -0.289 e. The van der Waals surface area contributed by atoms with E-state index in [4.69, 9.17) is 0 Å². The maximum atomic E-state index is 2.75. The fourth-order valence-corrected chi connectivity index (χ4v) is 4.67. The van der Waals surface area contributed by atoms with Crippen LogP contribution >= 0.6 is 0 Å². The van der Waals surface area contributed by atoms with Gasteiger partial charge in [-0.2, -0.15) is 0 Å². The van der Waals surface area contributed by atoms with Crippen LogP contribution < -0.4 is 0 Å². The van der Waals surface area contributed by atoms with Gasteiger partial charge >= 0.3 is 0 Å². The molecule has 130 valence electrons. The highest BCUT2D eigenvalue weighted by atomic mass is 15.2. The third-order valence-electron chi connectivity index (χ3n) is 6.12. The van der Waals surface area contributed by atoms with Crippen LogP contribution in [-0.4, -0.2) is 17.5 Å². The molecule has 0 aromatic heterocycles. The lowest BCUT2D eigenvalue weighted by molar-refractivity contribution is 0.126. The molecule has 1 aliphatic carbocycles. The third kappa shape index (κ3) is 3.72. The highest BCUT2D eigenvalue weighted by Crippen LogP contribution is 2.38. The Hall–Kier alpha value is -1.86. The second kappa shape index (κ2) is 7.58. The predicted molar refractivity (Wildman–Crippen MR) is 106 cm³/mol. The van der Waals surface area contributed by atoms with E-state index in [-0.39, 0.29) is 0 Å². The summed E-state index contributed by atoms with van der Waals surface area (Å²) in [6, 6.07) is 23.0. The van der Waals surface area contributed by atoms with Crippen molar-refractivity contribution in [2.45, 2.75) is 51.1 Å². The predicted octanol–water partition coefficient (Wildman–Crippen LogP) is 5.79. The van der Waals surface area contributed by atoms with Crippen LogP contribution in [0.15, 0.2) is 72.3 Å². The Morgan fingerprint density at radius 2 is 1.68 bits per heavy atom. The number of nitrogens with zero attached hydrogens (tertiary/aromatic N) is 1. The molecule has 25 heavy (non-hydrogen) atoms. The first-order valence-electron chi connectivity index (χ1n) is 9.86. The molecule has 0 saturated heterocycles. The van der Waals surface area contributed by atoms with E-state index in [0.717, 1.165) is 12.3 Å². The van der Waals surface area contributed by atoms with Crippen molar-refractivity contribution in [1.29, 1.82) is 0 Å². The molecule has 0 bridgehead atoms. The first-order chi connectivity index (χ1) is 12.3. The first-order valence-corrected chi connectivity index (χ1v) is 9.86. The Morgan fingerprint density at radius 1 is 0.960 bits per heavy atom. The molecule has 2 aromatic carbocycles. The van der Waals surface area contributed by atoms with Crippen molar-refractivity contribution < 1.29 is 0 Å². The topological polar surface area (TPSA) is 3.24 Å². The largest absolute Gasteiger partial charge is 0.289 e. The van der Waals surface area contributed by atoms with Crippen LogP contribution in [0.1, 0.15) is 49.8 Å². The van der Waals surface area contributed by atoms with Crippen molar-refractivity contribution in [3.05, 3.63) is 83.4 Å². The molecule has 3 atom stereocenters. The second-order valence-corrected chi connectivity index (χ2v) is 7.72. The van der Waals surface area contributed by atoms with Gasteiger partial charge in [-0.15, -0.1) is 0 Å². The van der Waals surface area contributed by atoms with E-state index in [1.165, 1.54) is 43.4 Å². The van der Waals surface area contributed by atoms with Gasteiger partial charge in [-0.1, -0.05) is 78.7 Å². The van der Waals surface area contributed by atoms with E-state index in [2.05, 4.69) is 78.6 Å². The number of hydrogen-bond acceptors (Lipinski definition) is 1. The zero-order valence-corrected chi connectivity index (χ0v) is 15.3. The van der Waals surface area contributed by atoms with E-state index >= 15 is 0 Å². The van der Waals surface area contributed by atoms with Gasteiger partial charge in [0.1, 0.15) is 0 Å². The van der Waals surface area contributed by atoms with Gasteiger partial charge in [-0.05, 0) is 49.7 Å². The molecule has 1 nitrogen and oxygen atoms in total. The van der Waals surface area contributed by atoms with Crippen LogP contribution in [-0.2, 0) is 6.42 Å². The normalized spacial score (nSPS) is 25.1. The van der Waals surface area contributed by atoms with Crippen LogP contribution in [0.5, 0.6) is 0 Å². The van der Waals surface area contributed by atoms with Crippen molar-refractivity contribution in [1.82, 2.24) is 4.90 Å². The summed E-state index contributed by atoms with van der Waals surface area (Å²) in [5, 5.41) is 0. The van der Waals surface area contributed by atoms with Crippen molar-refractivity contribution >= 4 is 0 Å². The zero-order chi connectivity index (χ0) is 17.1. The highest BCUT2D eigenvalue weighted by molar-refractivity contribution is 5.26. The summed E-state index contributed by atoms with van der Waals surface area (Å²) >= 11 is 0. The molecule has 1 heterocycles. The summed E-state index contributed by atoms with van der Waals surface area (Å²) in [5.41, 5.74) is 4.63. The molecule has 4 rings (SSSR count). The molecular formula is C24H29N. The SMILES string of the molecule is C[C@H](c1ccccc1)N1CC2CCCCC2=CC1Cc1ccccc1. The molecule has 2 aliphatic rings. The first kappa shape index (κ1) is 16.6. The molecule has 0 N–H and O–H groups in total. The fourth-order valence-electron chi connectivity index (χ4n) is 4.67. The molecule has 1 saturated carbocycles. The highest BCUT2D eigenvalue weighted by Gasteiger charge is 2.33. The molecule has 0 spiro atoms. The van der Waals surface area contributed by atoms with Crippen LogP contribution in [0.3, 0.4) is 0 Å². The van der Waals surface area contributed by atoms with Gasteiger partial charge in [0.15, 0.2) is 0 Å². The summed E-state index contributed by atoms with van der Waals surface area (Å²) in [6.07, 6.45) is 9.23. The summed E-state index contributed by atoms with van der Waals surface area (Å²) in [4.78, 5) is 2.75. The summed E-state index contributed by atoms with van der Waals surface area (Å²) in [5.74, 6) is 0.784. The van der Waals surface area contributed by atoms with Crippen LogP contribution in [0.2, 0.25) is 0 Å². The maximum absolute atomic E-state index is 2.75. The van der Waals surface area contributed by atoms with E-state index in [1.54, 1.807) is 5.57 Å². The van der Waals surface area contributed by atoms with Crippen LogP contribution in [0.25, 0.3) is 0 Å². The summed E-state index contributed by atoms with van der Waals surface area (Å²) in [7, 11) is 0. The van der Waals surface area contributed by atoms with Gasteiger partial charge in [0.05, 0.1) is 0 Å². The standard InChI is InChI=1S/C24H29N/c1-19(21-12-6-3-7-13-21)25-18-23-15-9-8-14-22(23)17-24(25)16-20-10-4-2-5-11-20/h2-7,10-13,17,19,23-24H,8-9,14-16,18H2,1H3/t19-,23?,24?/m1/s1. The van der Waals surface area contributed by atoms with Gasteiger partial charge in [0.25, 0.3) is 0 Å². The Kier molecular flexibility index (Phi) is 5.03. The quantitative estimate of drug-likeness (QED) is 0.641. The van der Waals surface area contributed by atoms with Gasteiger partial charge in [0.2, 0.25) is 0 Å². The number of fused-ring (bicyclic) bond motifs is 1. The van der Waals surface area contributed by atoms with E-state index in [9.17, 15) is 0 Å². The molecule has 2 aromatic rings. The maximum Gasteiger partial charge on any atom is 0.0327 e. The smallest absolute Gasteiger partial charge is 0.0327 e. The minimum absolute atomic E-state index is 0.467. The number of benzene rings is 2. The van der Waals surface area contributed by atoms with Crippen molar-refractivity contribution in [2.75, 3.05) is 6.54 Å². The molecule has 1 fully saturated rings. The zero-order valence-electron chi connectivity index (χ0n) is 15.3. The number of rotatable bonds is 4. The van der Waals surface area contributed by atoms with Gasteiger partial charge in [-0.3, -0.25) is 4.90 Å². The van der Waals surface area contributed by atoms with Crippen LogP contribution in [0.4, 0.5) is 0 Å². The Morgan fingerprint density at radius 3 is 2.44 bits per heavy atom. The van der Waals surface area contributed by atoms with E-state index in [0.29, 0.717) is 12.1 Å². The lowest BCUT2D eigenvalue weighted by Gasteiger charge is -2.44. The van der Waals surface area contributed by atoms with Crippen molar-refractivity contribution in [3.63, 3.8) is 0 Å². The molecule has 1 aliphatic heterocycles. The Balaban J connectivity index is 1.63. The average Bonchev–Trinajstić information content (AvgIpc) is 2.68. The lowest BCUT2D eigenvalue weighted by atomic mass is 9.79. The molecule has 2 unspecified atom stereocenters. The van der Waals surface area contributed by atoms with Gasteiger partial charge in [0, 0.05) is 18.6 Å². The number of hydrogen-bond donors (Lipinski definition) is 0. The molecule has 0 amide bonds. The van der Waals surface area contributed by atoms with Crippen LogP contribution in [0, 0.1) is 5.92 Å². The minimum atomic E-state index is 0.467. The Labute approximate surface area is 152 Å². The monoisotopic (exact) mass is 331 g/mol.